The third-order valence-corrected chi connectivity index (χ3v) is 5.54. The minimum Gasteiger partial charge on any atom is -0.744 e. The zero-order valence-corrected chi connectivity index (χ0v) is 21.0. The van der Waals surface area contributed by atoms with Gasteiger partial charge in [-0.2, -0.15) is 0 Å². The van der Waals surface area contributed by atoms with Gasteiger partial charge in [0, 0.05) is 0 Å². The summed E-state index contributed by atoms with van der Waals surface area (Å²) in [5.41, 5.74) is 1.50. The van der Waals surface area contributed by atoms with Crippen LogP contribution in [0.3, 0.4) is 0 Å². The van der Waals surface area contributed by atoms with E-state index in [4.69, 9.17) is 0 Å². The molecule has 0 fully saturated rings. The topological polar surface area (TPSA) is 57.2 Å². The van der Waals surface area contributed by atoms with E-state index < -0.39 is 10.1 Å². The van der Waals surface area contributed by atoms with Gasteiger partial charge in [-0.3, -0.25) is 0 Å². The number of benzene rings is 2. The summed E-state index contributed by atoms with van der Waals surface area (Å²) in [6, 6.07) is 18.1. The van der Waals surface area contributed by atoms with E-state index in [1.165, 1.54) is 100 Å². The largest absolute Gasteiger partial charge is 1.00 e. The van der Waals surface area contributed by atoms with Crippen LogP contribution < -0.4 is 29.6 Å². The second kappa shape index (κ2) is 18.1. The quantitative estimate of drug-likeness (QED) is 0.295. The van der Waals surface area contributed by atoms with Crippen LogP contribution in [0.5, 0.6) is 0 Å². The second-order valence-corrected chi connectivity index (χ2v) is 8.56. The fourth-order valence-electron chi connectivity index (χ4n) is 3.05. The molecular weight excluding hydrogens is 391 g/mol. The molecule has 0 unspecified atom stereocenters. The first-order valence-electron chi connectivity index (χ1n) is 10.6. The molecule has 0 aliphatic rings. The van der Waals surface area contributed by atoms with E-state index in [1.807, 2.05) is 0 Å². The predicted octanol–water partition coefficient (Wildman–Crippen LogP) is 3.74. The summed E-state index contributed by atoms with van der Waals surface area (Å²) in [5.74, 6) is 0. The summed E-state index contributed by atoms with van der Waals surface area (Å²) in [6.07, 6.45) is 15.5. The van der Waals surface area contributed by atoms with E-state index in [-0.39, 0.29) is 34.5 Å². The van der Waals surface area contributed by atoms with Crippen molar-refractivity contribution in [2.75, 3.05) is 0 Å². The van der Waals surface area contributed by atoms with Crippen LogP contribution in [0.15, 0.2) is 65.6 Å². The molecule has 0 amide bonds. The van der Waals surface area contributed by atoms with Gasteiger partial charge in [0.15, 0.2) is 0 Å². The van der Waals surface area contributed by atoms with Crippen LogP contribution in [0.1, 0.15) is 76.7 Å². The Bertz CT molecular complexity index is 703. The van der Waals surface area contributed by atoms with Crippen molar-refractivity contribution in [2.24, 2.45) is 0 Å². The van der Waals surface area contributed by atoms with E-state index in [2.05, 4.69) is 37.3 Å². The van der Waals surface area contributed by atoms with Crippen LogP contribution in [0.4, 0.5) is 0 Å². The molecule has 5 heteroatoms. The molecule has 2 rings (SSSR count). The predicted molar refractivity (Wildman–Crippen MR) is 116 cm³/mol. The monoisotopic (exact) mass is 426 g/mol. The van der Waals surface area contributed by atoms with Crippen molar-refractivity contribution in [3.05, 3.63) is 66.2 Å². The molecule has 0 aliphatic carbocycles. The first-order valence-corrected chi connectivity index (χ1v) is 12.0. The summed E-state index contributed by atoms with van der Waals surface area (Å²) in [7, 11) is -4.25. The first kappa shape index (κ1) is 28.4. The van der Waals surface area contributed by atoms with E-state index in [9.17, 15) is 13.0 Å². The van der Waals surface area contributed by atoms with Crippen molar-refractivity contribution in [3.63, 3.8) is 0 Å². The normalized spacial score (nSPS) is 10.6. The summed E-state index contributed by atoms with van der Waals surface area (Å²) >= 11 is 0. The maximum atomic E-state index is 10.3. The Labute approximate surface area is 200 Å². The maximum absolute atomic E-state index is 10.3. The molecule has 0 bridgehead atoms. The summed E-state index contributed by atoms with van der Waals surface area (Å²) in [6.45, 7) is 2.28. The molecule has 0 aliphatic heterocycles. The number of rotatable bonds is 12. The Hall–Kier alpha value is -0.650. The summed E-state index contributed by atoms with van der Waals surface area (Å²) in [5, 5.41) is 0. The zero-order chi connectivity index (χ0) is 20.5. The number of aryl methyl sites for hydroxylation is 1. The van der Waals surface area contributed by atoms with E-state index in [1.54, 1.807) is 6.07 Å². The second-order valence-electron chi connectivity index (χ2n) is 7.18. The third-order valence-electron chi connectivity index (χ3n) is 4.69. The molecule has 0 saturated heterocycles. The Balaban J connectivity index is 0.000000606. The van der Waals surface area contributed by atoms with Crippen LogP contribution in [0.25, 0.3) is 0 Å². The van der Waals surface area contributed by atoms with Gasteiger partial charge in [0.05, 0.1) is 4.90 Å². The van der Waals surface area contributed by atoms with Crippen molar-refractivity contribution in [1.82, 2.24) is 0 Å². The van der Waals surface area contributed by atoms with Crippen molar-refractivity contribution in [3.8, 4) is 0 Å². The standard InChI is InChI=1S/C18H30.C6H6O3S.Na/c1-2-3-4-5-6-7-8-9-10-12-15-18-16-13-11-14-17-18;7-10(8,9)6-4-2-1-3-5-6;/h11,13-14,16-17H,2-10,12,15H2,1H3;1-5H,(H,7,8,9);/q;;+1/p-1. The van der Waals surface area contributed by atoms with E-state index >= 15 is 0 Å². The Kier molecular flexibility index (Phi) is 17.7. The summed E-state index contributed by atoms with van der Waals surface area (Å²) < 4.78 is 30.8. The van der Waals surface area contributed by atoms with Gasteiger partial charge >= 0.3 is 29.6 Å². The minimum absolute atomic E-state index is 0. The number of hydrogen-bond acceptors (Lipinski definition) is 3. The van der Waals surface area contributed by atoms with Crippen molar-refractivity contribution < 1.29 is 42.5 Å². The van der Waals surface area contributed by atoms with E-state index in [0.29, 0.717) is 0 Å². The fraction of sp³-hybridized carbons (Fsp3) is 0.500. The van der Waals surface area contributed by atoms with Gasteiger partial charge in [-0.05, 0) is 30.5 Å². The van der Waals surface area contributed by atoms with Gasteiger partial charge in [0.25, 0.3) is 0 Å². The van der Waals surface area contributed by atoms with Gasteiger partial charge in [0.2, 0.25) is 0 Å². The average molecular weight is 427 g/mol. The molecule has 156 valence electrons. The molecule has 0 N–H and O–H groups in total. The number of hydrogen-bond donors (Lipinski definition) is 0. The van der Waals surface area contributed by atoms with Gasteiger partial charge in [-0.15, -0.1) is 0 Å². The smallest absolute Gasteiger partial charge is 0.744 e. The number of unbranched alkanes of at least 4 members (excludes halogenated alkanes) is 9. The molecule has 2 aromatic carbocycles. The maximum Gasteiger partial charge on any atom is 1.00 e. The molecular formula is C24H35NaO3S. The van der Waals surface area contributed by atoms with Crippen LogP contribution in [-0.4, -0.2) is 13.0 Å². The molecule has 0 heterocycles. The minimum atomic E-state index is -4.25. The third kappa shape index (κ3) is 15.8. The van der Waals surface area contributed by atoms with Crippen LogP contribution in [0.2, 0.25) is 0 Å². The van der Waals surface area contributed by atoms with Gasteiger partial charge in [-0.25, -0.2) is 8.42 Å². The first-order chi connectivity index (χ1) is 13.5. The fourth-order valence-corrected chi connectivity index (χ4v) is 3.54. The van der Waals surface area contributed by atoms with E-state index in [0.717, 1.165) is 0 Å². The van der Waals surface area contributed by atoms with Gasteiger partial charge in [-0.1, -0.05) is 113 Å². The van der Waals surface area contributed by atoms with Crippen molar-refractivity contribution in [2.45, 2.75) is 82.4 Å². The average Bonchev–Trinajstić information content (AvgIpc) is 2.71. The SMILES string of the molecule is CCCCCCCCCCCCc1ccccc1.O=S(=O)([O-])c1ccccc1.[Na+]. The Morgan fingerprint density at radius 1 is 0.655 bits per heavy atom. The molecule has 0 aromatic heterocycles. The Morgan fingerprint density at radius 3 is 1.48 bits per heavy atom. The molecule has 0 spiro atoms. The van der Waals surface area contributed by atoms with Crippen LogP contribution in [0, 0.1) is 0 Å². The van der Waals surface area contributed by atoms with Crippen molar-refractivity contribution in [1.29, 1.82) is 0 Å². The molecule has 0 atom stereocenters. The molecule has 0 radical (unpaired) electrons. The molecule has 3 nitrogen and oxygen atoms in total. The summed E-state index contributed by atoms with van der Waals surface area (Å²) in [4.78, 5) is -0.185. The van der Waals surface area contributed by atoms with Crippen molar-refractivity contribution >= 4 is 10.1 Å². The van der Waals surface area contributed by atoms with Crippen LogP contribution in [-0.2, 0) is 16.5 Å². The van der Waals surface area contributed by atoms with Gasteiger partial charge < -0.3 is 4.55 Å². The Morgan fingerprint density at radius 2 is 1.07 bits per heavy atom. The molecule has 2 aromatic rings. The molecule has 0 saturated carbocycles. The van der Waals surface area contributed by atoms with Crippen LogP contribution >= 0.6 is 0 Å². The molecule has 29 heavy (non-hydrogen) atoms. The van der Waals surface area contributed by atoms with Gasteiger partial charge in [0.1, 0.15) is 10.1 Å². The zero-order valence-electron chi connectivity index (χ0n) is 18.2.